The van der Waals surface area contributed by atoms with E-state index in [0.29, 0.717) is 5.82 Å². The average molecular weight is 225 g/mol. The lowest BCUT2D eigenvalue weighted by Crippen LogP contribution is -2.40. The van der Waals surface area contributed by atoms with Crippen molar-refractivity contribution in [2.45, 2.75) is 26.3 Å². The summed E-state index contributed by atoms with van der Waals surface area (Å²) in [6, 6.07) is 1.17. The quantitative estimate of drug-likeness (QED) is 0.806. The summed E-state index contributed by atoms with van der Waals surface area (Å²) in [6.45, 7) is 5.57. The van der Waals surface area contributed by atoms with Crippen LogP contribution in [0.5, 0.6) is 0 Å². The minimum atomic E-state index is -0.530. The summed E-state index contributed by atoms with van der Waals surface area (Å²) in [5, 5.41) is 5.50. The van der Waals surface area contributed by atoms with Gasteiger partial charge < -0.3 is 10.6 Å². The van der Waals surface area contributed by atoms with Gasteiger partial charge in [0.25, 0.3) is 5.91 Å². The Kier molecular flexibility index (Phi) is 3.47. The molecule has 1 aromatic rings. The highest BCUT2D eigenvalue weighted by molar-refractivity contribution is 5.99. The van der Waals surface area contributed by atoms with E-state index >= 15 is 0 Å². The molecule has 0 aliphatic rings. The second-order valence-corrected chi connectivity index (χ2v) is 4.50. The minimum Gasteiger partial charge on any atom is -0.372 e. The van der Waals surface area contributed by atoms with E-state index in [9.17, 15) is 9.18 Å². The van der Waals surface area contributed by atoms with Crippen LogP contribution >= 0.6 is 0 Å². The Bertz CT molecular complexity index is 399. The maximum absolute atomic E-state index is 13.0. The first-order valence-electron chi connectivity index (χ1n) is 4.99. The van der Waals surface area contributed by atoms with Gasteiger partial charge in [-0.2, -0.15) is 0 Å². The van der Waals surface area contributed by atoms with Gasteiger partial charge in [-0.25, -0.2) is 9.37 Å². The monoisotopic (exact) mass is 225 g/mol. The van der Waals surface area contributed by atoms with Gasteiger partial charge in [-0.3, -0.25) is 4.79 Å². The molecule has 1 rings (SSSR count). The van der Waals surface area contributed by atoms with E-state index in [1.165, 1.54) is 6.07 Å². The van der Waals surface area contributed by atoms with Crippen molar-refractivity contribution in [1.29, 1.82) is 0 Å². The summed E-state index contributed by atoms with van der Waals surface area (Å²) in [6.07, 6.45) is 1.07. The van der Waals surface area contributed by atoms with E-state index in [4.69, 9.17) is 0 Å². The van der Waals surface area contributed by atoms with Gasteiger partial charge in [0, 0.05) is 12.6 Å². The van der Waals surface area contributed by atoms with Gasteiger partial charge in [-0.1, -0.05) is 0 Å². The normalized spacial score (nSPS) is 11.1. The van der Waals surface area contributed by atoms with Crippen molar-refractivity contribution in [3.8, 4) is 0 Å². The summed E-state index contributed by atoms with van der Waals surface area (Å²) >= 11 is 0. The van der Waals surface area contributed by atoms with E-state index in [-0.39, 0.29) is 17.0 Å². The SMILES string of the molecule is CNc1ncc(F)cc1C(=O)NC(C)(C)C. The molecular weight excluding hydrogens is 209 g/mol. The van der Waals surface area contributed by atoms with Crippen LogP contribution in [0.2, 0.25) is 0 Å². The van der Waals surface area contributed by atoms with Crippen LogP contribution in [0.15, 0.2) is 12.3 Å². The third kappa shape index (κ3) is 3.18. The fourth-order valence-electron chi connectivity index (χ4n) is 1.22. The van der Waals surface area contributed by atoms with Crippen LogP contribution in [-0.4, -0.2) is 23.5 Å². The van der Waals surface area contributed by atoms with Gasteiger partial charge in [0.15, 0.2) is 0 Å². The van der Waals surface area contributed by atoms with Crippen LogP contribution in [0.4, 0.5) is 10.2 Å². The number of rotatable bonds is 2. The molecule has 0 aromatic carbocycles. The predicted octanol–water partition coefficient (Wildman–Crippen LogP) is 1.79. The van der Waals surface area contributed by atoms with Gasteiger partial charge in [-0.05, 0) is 26.8 Å². The molecule has 0 unspecified atom stereocenters. The second kappa shape index (κ2) is 4.47. The van der Waals surface area contributed by atoms with Crippen molar-refractivity contribution in [2.24, 2.45) is 0 Å². The highest BCUT2D eigenvalue weighted by Crippen LogP contribution is 2.14. The predicted molar refractivity (Wildman–Crippen MR) is 61.0 cm³/mol. The number of aromatic nitrogens is 1. The molecule has 1 amide bonds. The lowest BCUT2D eigenvalue weighted by atomic mass is 10.1. The lowest BCUT2D eigenvalue weighted by molar-refractivity contribution is 0.0919. The molecule has 0 aliphatic carbocycles. The van der Waals surface area contributed by atoms with Gasteiger partial charge in [0.2, 0.25) is 0 Å². The Morgan fingerprint density at radius 2 is 2.06 bits per heavy atom. The number of nitrogens with zero attached hydrogens (tertiary/aromatic N) is 1. The van der Waals surface area contributed by atoms with Crippen LogP contribution in [-0.2, 0) is 0 Å². The smallest absolute Gasteiger partial charge is 0.255 e. The van der Waals surface area contributed by atoms with Crippen molar-refractivity contribution in [1.82, 2.24) is 10.3 Å². The van der Waals surface area contributed by atoms with Crippen LogP contribution in [0.25, 0.3) is 0 Å². The largest absolute Gasteiger partial charge is 0.372 e. The Morgan fingerprint density at radius 3 is 2.56 bits per heavy atom. The van der Waals surface area contributed by atoms with Gasteiger partial charge in [-0.15, -0.1) is 0 Å². The first kappa shape index (κ1) is 12.4. The zero-order valence-electron chi connectivity index (χ0n) is 9.89. The fraction of sp³-hybridized carbons (Fsp3) is 0.455. The number of carbonyl (C=O) groups is 1. The van der Waals surface area contributed by atoms with Crippen LogP contribution in [0.3, 0.4) is 0 Å². The number of amides is 1. The van der Waals surface area contributed by atoms with Gasteiger partial charge >= 0.3 is 0 Å². The molecule has 0 fully saturated rings. The number of hydrogen-bond acceptors (Lipinski definition) is 3. The maximum atomic E-state index is 13.0. The van der Waals surface area contributed by atoms with Crippen LogP contribution in [0, 0.1) is 5.82 Å². The van der Waals surface area contributed by atoms with Crippen molar-refractivity contribution in [3.05, 3.63) is 23.6 Å². The van der Waals surface area contributed by atoms with Crippen molar-refractivity contribution in [2.75, 3.05) is 12.4 Å². The molecule has 88 valence electrons. The summed E-state index contributed by atoms with van der Waals surface area (Å²) in [4.78, 5) is 15.6. The highest BCUT2D eigenvalue weighted by atomic mass is 19.1. The Labute approximate surface area is 94.3 Å². The number of pyridine rings is 1. The summed E-state index contributed by atoms with van der Waals surface area (Å²) < 4.78 is 13.0. The van der Waals surface area contributed by atoms with E-state index in [0.717, 1.165) is 6.20 Å². The van der Waals surface area contributed by atoms with Crippen LogP contribution in [0.1, 0.15) is 31.1 Å². The molecule has 0 saturated carbocycles. The molecular formula is C11H16FN3O. The molecule has 1 heterocycles. The summed E-state index contributed by atoms with van der Waals surface area (Å²) in [5.41, 5.74) is -0.161. The highest BCUT2D eigenvalue weighted by Gasteiger charge is 2.18. The third-order valence-corrected chi connectivity index (χ3v) is 1.82. The molecule has 0 radical (unpaired) electrons. The molecule has 0 saturated heterocycles. The molecule has 0 aliphatic heterocycles. The van der Waals surface area contributed by atoms with Crippen LogP contribution < -0.4 is 10.6 Å². The zero-order valence-corrected chi connectivity index (χ0v) is 9.89. The molecule has 0 atom stereocenters. The maximum Gasteiger partial charge on any atom is 0.255 e. The molecule has 5 heteroatoms. The van der Waals surface area contributed by atoms with E-state index in [2.05, 4.69) is 15.6 Å². The van der Waals surface area contributed by atoms with Crippen molar-refractivity contribution >= 4 is 11.7 Å². The standard InChI is InChI=1S/C11H16FN3O/c1-11(2,3)15-10(16)8-5-7(12)6-14-9(8)13-4/h5-6H,1-4H3,(H,13,14)(H,15,16). The average Bonchev–Trinajstić information content (AvgIpc) is 2.15. The van der Waals surface area contributed by atoms with E-state index < -0.39 is 5.82 Å². The van der Waals surface area contributed by atoms with Gasteiger partial charge in [0.05, 0.1) is 11.8 Å². The second-order valence-electron chi connectivity index (χ2n) is 4.50. The van der Waals surface area contributed by atoms with Gasteiger partial charge in [0.1, 0.15) is 11.6 Å². The van der Waals surface area contributed by atoms with Crippen molar-refractivity contribution in [3.63, 3.8) is 0 Å². The number of anilines is 1. The molecule has 16 heavy (non-hydrogen) atoms. The van der Waals surface area contributed by atoms with E-state index in [1.807, 2.05) is 20.8 Å². The number of carbonyl (C=O) groups excluding carboxylic acids is 1. The molecule has 0 bridgehead atoms. The third-order valence-electron chi connectivity index (χ3n) is 1.82. The Morgan fingerprint density at radius 1 is 1.44 bits per heavy atom. The first-order valence-corrected chi connectivity index (χ1v) is 4.99. The zero-order chi connectivity index (χ0) is 12.3. The fourth-order valence-corrected chi connectivity index (χ4v) is 1.22. The molecule has 2 N–H and O–H groups in total. The topological polar surface area (TPSA) is 54.0 Å². The Hall–Kier alpha value is -1.65. The first-order chi connectivity index (χ1) is 7.33. The number of nitrogens with one attached hydrogen (secondary N) is 2. The van der Waals surface area contributed by atoms with E-state index in [1.54, 1.807) is 7.05 Å². The molecule has 4 nitrogen and oxygen atoms in total. The molecule has 1 aromatic heterocycles. The number of hydrogen-bond donors (Lipinski definition) is 2. The lowest BCUT2D eigenvalue weighted by Gasteiger charge is -2.21. The minimum absolute atomic E-state index is 0.206. The van der Waals surface area contributed by atoms with Crippen molar-refractivity contribution < 1.29 is 9.18 Å². The molecule has 0 spiro atoms. The number of halogens is 1. The Balaban J connectivity index is 3.02. The summed E-state index contributed by atoms with van der Waals surface area (Å²) in [5.74, 6) is -0.509. The summed E-state index contributed by atoms with van der Waals surface area (Å²) in [7, 11) is 1.63.